The van der Waals surface area contributed by atoms with Crippen molar-refractivity contribution in [3.8, 4) is 5.75 Å². The van der Waals surface area contributed by atoms with E-state index in [1.54, 1.807) is 25.1 Å². The second-order valence-electron chi connectivity index (χ2n) is 10.2. The molecule has 39 heavy (non-hydrogen) atoms. The third-order valence-corrected chi connectivity index (χ3v) is 7.21. The van der Waals surface area contributed by atoms with Gasteiger partial charge in [0.15, 0.2) is 6.61 Å². The zero-order valence-electron chi connectivity index (χ0n) is 21.9. The van der Waals surface area contributed by atoms with Gasteiger partial charge < -0.3 is 30.6 Å². The van der Waals surface area contributed by atoms with Crippen molar-refractivity contribution in [2.75, 3.05) is 11.9 Å². The molecule has 2 atom stereocenters. The summed E-state index contributed by atoms with van der Waals surface area (Å²) >= 11 is 0. The third kappa shape index (κ3) is 6.33. The average Bonchev–Trinajstić information content (AvgIpc) is 3.42. The first-order valence-corrected chi connectivity index (χ1v) is 13.2. The number of benzene rings is 1. The molecular weight excluding hydrogens is 504 g/mol. The van der Waals surface area contributed by atoms with Crippen LogP contribution >= 0.6 is 0 Å². The summed E-state index contributed by atoms with van der Waals surface area (Å²) in [7, 11) is 0. The van der Waals surface area contributed by atoms with Crippen molar-refractivity contribution in [2.45, 2.75) is 70.7 Å². The SMILES string of the molecule is Cc1nc(C(=O)NCc2ccc3c(c2)NC(=O)CO3)cc(C2=NOC([C@H]3CC[C@@H](NC(=O)[C@H](C)O)CC3)C2)n1. The van der Waals surface area contributed by atoms with Crippen LogP contribution in [0.25, 0.3) is 0 Å². The van der Waals surface area contributed by atoms with Gasteiger partial charge in [-0.15, -0.1) is 0 Å². The monoisotopic (exact) mass is 536 g/mol. The molecule has 1 aliphatic carbocycles. The maximum atomic E-state index is 12.9. The van der Waals surface area contributed by atoms with Crippen molar-refractivity contribution < 1.29 is 29.1 Å². The predicted octanol–water partition coefficient (Wildman–Crippen LogP) is 1.59. The molecule has 0 saturated heterocycles. The minimum atomic E-state index is -1.01. The number of carbonyl (C=O) groups is 3. The summed E-state index contributed by atoms with van der Waals surface area (Å²) in [4.78, 5) is 50.8. The van der Waals surface area contributed by atoms with Crippen molar-refractivity contribution in [1.82, 2.24) is 20.6 Å². The van der Waals surface area contributed by atoms with Crippen LogP contribution in [0.15, 0.2) is 29.4 Å². The Labute approximate surface area is 225 Å². The van der Waals surface area contributed by atoms with Crippen LogP contribution in [-0.2, 0) is 21.0 Å². The van der Waals surface area contributed by atoms with Crippen molar-refractivity contribution in [2.24, 2.45) is 11.1 Å². The maximum absolute atomic E-state index is 12.9. The Hall–Kier alpha value is -4.06. The van der Waals surface area contributed by atoms with Crippen LogP contribution < -0.4 is 20.7 Å². The van der Waals surface area contributed by atoms with Gasteiger partial charge in [0.1, 0.15) is 35.2 Å². The van der Waals surface area contributed by atoms with E-state index in [2.05, 4.69) is 31.1 Å². The zero-order valence-corrected chi connectivity index (χ0v) is 21.9. The zero-order chi connectivity index (χ0) is 27.5. The number of oxime groups is 1. The van der Waals surface area contributed by atoms with Crippen LogP contribution in [0.2, 0.25) is 0 Å². The van der Waals surface area contributed by atoms with Crippen molar-refractivity contribution in [3.63, 3.8) is 0 Å². The number of carbonyl (C=O) groups excluding carboxylic acids is 3. The van der Waals surface area contributed by atoms with Gasteiger partial charge in [-0.2, -0.15) is 0 Å². The third-order valence-electron chi connectivity index (χ3n) is 7.21. The number of aliphatic hydroxyl groups is 1. The van der Waals surface area contributed by atoms with E-state index in [0.717, 1.165) is 31.2 Å². The minimum Gasteiger partial charge on any atom is -0.482 e. The lowest BCUT2D eigenvalue weighted by Gasteiger charge is -2.31. The van der Waals surface area contributed by atoms with Crippen LogP contribution in [0.4, 0.5) is 5.69 Å². The van der Waals surface area contributed by atoms with E-state index in [9.17, 15) is 19.5 Å². The Morgan fingerprint density at radius 1 is 1.18 bits per heavy atom. The molecule has 0 bridgehead atoms. The standard InChI is InChI=1S/C27H32N6O6/c1-14(34)26(36)31-18-6-4-17(5-7-18)24-11-20(33-39-24)19-10-22(30-15(2)29-19)27(37)28-12-16-3-8-23-21(9-16)32-25(35)13-38-23/h3,8-10,14,17-18,24,34H,4-7,11-13H2,1-2H3,(H,28,37)(H,31,36)(H,32,35)/t14-,17-,18+,24?/m0/s1. The molecule has 1 aromatic carbocycles. The minimum absolute atomic E-state index is 0.0128. The molecule has 1 aromatic heterocycles. The van der Waals surface area contributed by atoms with Crippen LogP contribution in [0.1, 0.15) is 66.6 Å². The highest BCUT2D eigenvalue weighted by Crippen LogP contribution is 2.33. The molecule has 2 aromatic rings. The summed E-state index contributed by atoms with van der Waals surface area (Å²) in [6, 6.07) is 7.03. The van der Waals surface area contributed by atoms with Crippen LogP contribution in [0.3, 0.4) is 0 Å². The van der Waals surface area contributed by atoms with E-state index < -0.39 is 6.10 Å². The highest BCUT2D eigenvalue weighted by atomic mass is 16.6. The van der Waals surface area contributed by atoms with E-state index in [4.69, 9.17) is 9.57 Å². The molecule has 0 spiro atoms. The fraction of sp³-hybridized carbons (Fsp3) is 0.481. The Balaban J connectivity index is 1.16. The topological polar surface area (TPSA) is 164 Å². The molecule has 4 N–H and O–H groups in total. The Morgan fingerprint density at radius 2 is 1.97 bits per heavy atom. The molecule has 1 fully saturated rings. The molecule has 12 nitrogen and oxygen atoms in total. The summed E-state index contributed by atoms with van der Waals surface area (Å²) in [5.74, 6) is 0.423. The molecule has 3 amide bonds. The lowest BCUT2D eigenvalue weighted by atomic mass is 9.81. The maximum Gasteiger partial charge on any atom is 0.270 e. The molecule has 12 heteroatoms. The molecule has 5 rings (SSSR count). The quantitative estimate of drug-likeness (QED) is 0.414. The highest BCUT2D eigenvalue weighted by molar-refractivity contribution is 6.02. The van der Waals surface area contributed by atoms with Gasteiger partial charge in [-0.1, -0.05) is 11.2 Å². The van der Waals surface area contributed by atoms with Crippen LogP contribution in [0.5, 0.6) is 5.75 Å². The first-order valence-electron chi connectivity index (χ1n) is 13.2. The van der Waals surface area contributed by atoms with Gasteiger partial charge in [0.2, 0.25) is 5.91 Å². The number of aliphatic hydroxyl groups excluding tert-OH is 1. The van der Waals surface area contributed by atoms with E-state index in [-0.39, 0.29) is 48.7 Å². The van der Waals surface area contributed by atoms with Gasteiger partial charge in [-0.05, 0) is 69.2 Å². The number of anilines is 1. The number of nitrogens with one attached hydrogen (secondary N) is 3. The van der Waals surface area contributed by atoms with Gasteiger partial charge in [-0.3, -0.25) is 14.4 Å². The fourth-order valence-electron chi connectivity index (χ4n) is 5.10. The summed E-state index contributed by atoms with van der Waals surface area (Å²) in [5, 5.41) is 22.2. The van der Waals surface area contributed by atoms with Gasteiger partial charge in [-0.25, -0.2) is 9.97 Å². The van der Waals surface area contributed by atoms with E-state index in [1.807, 2.05) is 6.07 Å². The molecule has 3 heterocycles. The van der Waals surface area contributed by atoms with Gasteiger partial charge in [0, 0.05) is 19.0 Å². The van der Waals surface area contributed by atoms with Crippen molar-refractivity contribution in [3.05, 3.63) is 47.0 Å². The lowest BCUT2D eigenvalue weighted by Crippen LogP contribution is -2.43. The van der Waals surface area contributed by atoms with Crippen molar-refractivity contribution >= 4 is 29.1 Å². The second kappa shape index (κ2) is 11.4. The van der Waals surface area contributed by atoms with E-state index >= 15 is 0 Å². The van der Waals surface area contributed by atoms with E-state index in [1.165, 1.54) is 6.92 Å². The molecular formula is C27H32N6O6. The summed E-state index contributed by atoms with van der Waals surface area (Å²) in [6.07, 6.45) is 2.88. The Bertz CT molecular complexity index is 1300. The normalized spacial score (nSPS) is 22.9. The average molecular weight is 537 g/mol. The summed E-state index contributed by atoms with van der Waals surface area (Å²) < 4.78 is 5.37. The van der Waals surface area contributed by atoms with Crippen LogP contribution in [0, 0.1) is 12.8 Å². The summed E-state index contributed by atoms with van der Waals surface area (Å²) in [6.45, 7) is 3.42. The van der Waals surface area contributed by atoms with Gasteiger partial charge in [0.05, 0.1) is 11.4 Å². The first kappa shape index (κ1) is 26.5. The number of aromatic nitrogens is 2. The second-order valence-corrected chi connectivity index (χ2v) is 10.2. The van der Waals surface area contributed by atoms with Crippen LogP contribution in [-0.4, -0.2) is 63.4 Å². The van der Waals surface area contributed by atoms with E-state index in [0.29, 0.717) is 41.0 Å². The molecule has 1 unspecified atom stereocenters. The molecule has 0 radical (unpaired) electrons. The lowest BCUT2D eigenvalue weighted by molar-refractivity contribution is -0.129. The number of fused-ring (bicyclic) bond motifs is 1. The Kier molecular flexibility index (Phi) is 7.73. The number of ether oxygens (including phenoxy) is 1. The molecule has 1 saturated carbocycles. The van der Waals surface area contributed by atoms with Gasteiger partial charge >= 0.3 is 0 Å². The first-order chi connectivity index (χ1) is 18.7. The molecule has 206 valence electrons. The molecule has 2 aliphatic heterocycles. The Morgan fingerprint density at radius 3 is 2.74 bits per heavy atom. The number of aryl methyl sites for hydroxylation is 1. The molecule has 3 aliphatic rings. The number of rotatable bonds is 7. The number of nitrogens with zero attached hydrogens (tertiary/aromatic N) is 3. The van der Waals surface area contributed by atoms with Crippen molar-refractivity contribution in [1.29, 1.82) is 0 Å². The number of hydrogen-bond acceptors (Lipinski definition) is 9. The number of amides is 3. The largest absolute Gasteiger partial charge is 0.482 e. The number of hydrogen-bond donors (Lipinski definition) is 4. The highest BCUT2D eigenvalue weighted by Gasteiger charge is 2.34. The smallest absolute Gasteiger partial charge is 0.270 e. The summed E-state index contributed by atoms with van der Waals surface area (Å²) in [5.41, 5.74) is 2.84. The predicted molar refractivity (Wildman–Crippen MR) is 140 cm³/mol. The fourth-order valence-corrected chi connectivity index (χ4v) is 5.10. The van der Waals surface area contributed by atoms with Gasteiger partial charge in [0.25, 0.3) is 11.8 Å².